The molecule has 4 rings (SSSR count). The zero-order chi connectivity index (χ0) is 25.1. The van der Waals surface area contributed by atoms with Crippen molar-refractivity contribution in [3.8, 4) is 17.1 Å². The second-order valence-electron chi connectivity index (χ2n) is 7.93. The standard InChI is InChI=1S/C22H25N9O4/c1-12(32)31-9-13(10-31)21(33)26-17-8-16(18(28-27-17)22(34)23-2)25-15-7-5-6-14(19(15)35-4)20-24-11-30(3)29-20/h5-8,11,13H,9-10H2,1-4H3,(H,23,34)(H2,25,26,27,33). The van der Waals surface area contributed by atoms with Gasteiger partial charge in [-0.2, -0.15) is 5.10 Å². The largest absolute Gasteiger partial charge is 0.494 e. The maximum absolute atomic E-state index is 12.6. The van der Waals surface area contributed by atoms with Crippen LogP contribution in [0.15, 0.2) is 30.6 Å². The minimum atomic E-state index is -0.463. The monoisotopic (exact) mass is 479 g/mol. The Hall–Kier alpha value is -4.55. The smallest absolute Gasteiger partial charge is 0.273 e. The van der Waals surface area contributed by atoms with Crippen molar-refractivity contribution in [3.63, 3.8) is 0 Å². The average Bonchev–Trinajstić information content (AvgIpc) is 3.23. The van der Waals surface area contributed by atoms with Gasteiger partial charge in [0.2, 0.25) is 11.8 Å². The van der Waals surface area contributed by atoms with E-state index in [1.165, 1.54) is 27.1 Å². The molecule has 3 heterocycles. The highest BCUT2D eigenvalue weighted by Crippen LogP contribution is 2.37. The molecule has 13 heteroatoms. The fourth-order valence-corrected chi connectivity index (χ4v) is 3.60. The van der Waals surface area contributed by atoms with Crippen molar-refractivity contribution < 1.29 is 19.1 Å². The van der Waals surface area contributed by atoms with Crippen LogP contribution in [0.25, 0.3) is 11.4 Å². The van der Waals surface area contributed by atoms with Crippen LogP contribution in [-0.2, 0) is 16.6 Å². The van der Waals surface area contributed by atoms with Crippen molar-refractivity contribution in [1.82, 2.24) is 35.2 Å². The molecule has 0 aliphatic carbocycles. The summed E-state index contributed by atoms with van der Waals surface area (Å²) in [6, 6.07) is 6.90. The molecule has 3 aromatic rings. The fourth-order valence-electron chi connectivity index (χ4n) is 3.60. The summed E-state index contributed by atoms with van der Waals surface area (Å²) in [7, 11) is 4.77. The number of anilines is 3. The maximum atomic E-state index is 12.6. The molecule has 0 spiro atoms. The Labute approximate surface area is 200 Å². The molecule has 1 aromatic carbocycles. The maximum Gasteiger partial charge on any atom is 0.273 e. The van der Waals surface area contributed by atoms with Gasteiger partial charge in [-0.3, -0.25) is 19.1 Å². The zero-order valence-corrected chi connectivity index (χ0v) is 19.7. The van der Waals surface area contributed by atoms with Gasteiger partial charge in [0.15, 0.2) is 23.1 Å². The average molecular weight is 480 g/mol. The van der Waals surface area contributed by atoms with Gasteiger partial charge in [0.05, 0.1) is 30.0 Å². The second-order valence-corrected chi connectivity index (χ2v) is 7.93. The lowest BCUT2D eigenvalue weighted by atomic mass is 9.99. The summed E-state index contributed by atoms with van der Waals surface area (Å²) >= 11 is 0. The van der Waals surface area contributed by atoms with Crippen LogP contribution in [0, 0.1) is 5.92 Å². The van der Waals surface area contributed by atoms with E-state index in [9.17, 15) is 14.4 Å². The van der Waals surface area contributed by atoms with E-state index in [2.05, 4.69) is 36.2 Å². The summed E-state index contributed by atoms with van der Waals surface area (Å²) in [6.45, 7) is 2.16. The number of nitrogens with one attached hydrogen (secondary N) is 3. The number of likely N-dealkylation sites (tertiary alicyclic amines) is 1. The van der Waals surface area contributed by atoms with Gasteiger partial charge in [0.1, 0.15) is 6.33 Å². The SMILES string of the molecule is CNC(=O)c1nnc(NC(=O)C2CN(C(C)=O)C2)cc1Nc1cccc(-c2ncn(C)n2)c1OC. The summed E-state index contributed by atoms with van der Waals surface area (Å²) in [5, 5.41) is 20.7. The van der Waals surface area contributed by atoms with Gasteiger partial charge in [0.25, 0.3) is 5.91 Å². The summed E-state index contributed by atoms with van der Waals surface area (Å²) < 4.78 is 7.21. The molecule has 182 valence electrons. The summed E-state index contributed by atoms with van der Waals surface area (Å²) in [5.41, 5.74) is 1.51. The number of carbonyl (C=O) groups excluding carboxylic acids is 3. The summed E-state index contributed by atoms with van der Waals surface area (Å²) in [6.07, 6.45) is 1.58. The van der Waals surface area contributed by atoms with Gasteiger partial charge in [-0.15, -0.1) is 10.2 Å². The Balaban J connectivity index is 1.63. The van der Waals surface area contributed by atoms with Crippen molar-refractivity contribution in [2.45, 2.75) is 6.92 Å². The number of amides is 3. The van der Waals surface area contributed by atoms with Gasteiger partial charge >= 0.3 is 0 Å². The third kappa shape index (κ3) is 4.88. The van der Waals surface area contributed by atoms with E-state index in [1.807, 2.05) is 6.07 Å². The molecule has 1 fully saturated rings. The number of aromatic nitrogens is 5. The first kappa shape index (κ1) is 23.6. The highest BCUT2D eigenvalue weighted by atomic mass is 16.5. The van der Waals surface area contributed by atoms with Crippen molar-refractivity contribution in [2.75, 3.05) is 37.9 Å². The molecule has 1 saturated heterocycles. The fraction of sp³-hybridized carbons (Fsp3) is 0.318. The van der Waals surface area contributed by atoms with Gasteiger partial charge in [0, 0.05) is 40.2 Å². The van der Waals surface area contributed by atoms with Crippen LogP contribution in [0.4, 0.5) is 17.2 Å². The topological polar surface area (TPSA) is 156 Å². The number of carbonyl (C=O) groups is 3. The number of hydrogen-bond acceptors (Lipinski definition) is 9. The first-order valence-electron chi connectivity index (χ1n) is 10.8. The number of methoxy groups -OCH3 is 1. The second kappa shape index (κ2) is 9.75. The normalized spacial score (nSPS) is 13.1. The van der Waals surface area contributed by atoms with E-state index in [0.29, 0.717) is 41.6 Å². The van der Waals surface area contributed by atoms with Gasteiger partial charge in [-0.05, 0) is 12.1 Å². The van der Waals surface area contributed by atoms with E-state index < -0.39 is 5.91 Å². The van der Waals surface area contributed by atoms with Gasteiger partial charge in [-0.25, -0.2) is 4.98 Å². The molecule has 35 heavy (non-hydrogen) atoms. The Bertz CT molecular complexity index is 1280. The highest BCUT2D eigenvalue weighted by Gasteiger charge is 2.34. The Morgan fingerprint density at radius 2 is 1.91 bits per heavy atom. The minimum Gasteiger partial charge on any atom is -0.494 e. The van der Waals surface area contributed by atoms with Gasteiger partial charge < -0.3 is 25.6 Å². The first-order valence-corrected chi connectivity index (χ1v) is 10.8. The number of aryl methyl sites for hydroxylation is 1. The van der Waals surface area contributed by atoms with Crippen LogP contribution in [0.5, 0.6) is 5.75 Å². The number of para-hydroxylation sites is 1. The lowest BCUT2D eigenvalue weighted by Crippen LogP contribution is -2.53. The Morgan fingerprint density at radius 3 is 2.54 bits per heavy atom. The molecule has 3 amide bonds. The van der Waals surface area contributed by atoms with E-state index >= 15 is 0 Å². The molecule has 1 aliphatic heterocycles. The van der Waals surface area contributed by atoms with Crippen molar-refractivity contribution in [1.29, 1.82) is 0 Å². The number of rotatable bonds is 7. The molecular weight excluding hydrogens is 454 g/mol. The van der Waals surface area contributed by atoms with Crippen molar-refractivity contribution in [3.05, 3.63) is 36.3 Å². The van der Waals surface area contributed by atoms with Crippen LogP contribution >= 0.6 is 0 Å². The molecule has 0 atom stereocenters. The van der Waals surface area contributed by atoms with E-state index in [4.69, 9.17) is 4.74 Å². The van der Waals surface area contributed by atoms with Crippen molar-refractivity contribution >= 4 is 34.9 Å². The lowest BCUT2D eigenvalue weighted by Gasteiger charge is -2.37. The molecule has 13 nitrogen and oxygen atoms in total. The zero-order valence-electron chi connectivity index (χ0n) is 19.7. The van der Waals surface area contributed by atoms with E-state index in [1.54, 1.807) is 35.1 Å². The summed E-state index contributed by atoms with van der Waals surface area (Å²) in [4.78, 5) is 42.2. The van der Waals surface area contributed by atoms with Crippen LogP contribution in [0.1, 0.15) is 17.4 Å². The molecule has 0 radical (unpaired) electrons. The summed E-state index contributed by atoms with van der Waals surface area (Å²) in [5.74, 6) is -0.0615. The predicted octanol–water partition coefficient (Wildman–Crippen LogP) is 0.801. The third-order valence-corrected chi connectivity index (χ3v) is 5.51. The lowest BCUT2D eigenvalue weighted by molar-refractivity contribution is -0.139. The molecule has 0 saturated carbocycles. The highest BCUT2D eigenvalue weighted by molar-refractivity contribution is 6.00. The number of nitrogens with zero attached hydrogens (tertiary/aromatic N) is 6. The Morgan fingerprint density at radius 1 is 1.14 bits per heavy atom. The van der Waals surface area contributed by atoms with Crippen LogP contribution in [0.3, 0.4) is 0 Å². The van der Waals surface area contributed by atoms with Crippen LogP contribution < -0.4 is 20.7 Å². The molecule has 3 N–H and O–H groups in total. The number of benzene rings is 1. The Kier molecular flexibility index (Phi) is 6.57. The number of hydrogen-bond donors (Lipinski definition) is 3. The van der Waals surface area contributed by atoms with E-state index in [0.717, 1.165) is 0 Å². The van der Waals surface area contributed by atoms with Crippen LogP contribution in [-0.4, -0.2) is 74.8 Å². The first-order chi connectivity index (χ1) is 16.8. The number of ether oxygens (including phenoxy) is 1. The molecule has 0 bridgehead atoms. The molecular formula is C22H25N9O4. The minimum absolute atomic E-state index is 0.0281. The van der Waals surface area contributed by atoms with E-state index in [-0.39, 0.29) is 29.2 Å². The molecule has 2 aromatic heterocycles. The third-order valence-electron chi connectivity index (χ3n) is 5.51. The quantitative estimate of drug-likeness (QED) is 0.446. The molecule has 1 aliphatic rings. The van der Waals surface area contributed by atoms with Gasteiger partial charge in [-0.1, -0.05) is 6.07 Å². The van der Waals surface area contributed by atoms with Crippen LogP contribution in [0.2, 0.25) is 0 Å². The predicted molar refractivity (Wildman–Crippen MR) is 126 cm³/mol. The molecule has 0 unspecified atom stereocenters. The van der Waals surface area contributed by atoms with Crippen molar-refractivity contribution in [2.24, 2.45) is 13.0 Å².